The van der Waals surface area contributed by atoms with Gasteiger partial charge in [-0.25, -0.2) is 4.79 Å². The van der Waals surface area contributed by atoms with Gasteiger partial charge in [0.1, 0.15) is 29.6 Å². The van der Waals surface area contributed by atoms with Crippen LogP contribution in [0.4, 0.5) is 0 Å². The molecule has 0 aromatic heterocycles. The maximum atomic E-state index is 13.1. The van der Waals surface area contributed by atoms with E-state index >= 15 is 0 Å². The Hall–Kier alpha value is -4.69. The molecular formula is C25H30N4O10. The summed E-state index contributed by atoms with van der Waals surface area (Å²) < 4.78 is 0. The summed E-state index contributed by atoms with van der Waals surface area (Å²) in [5.74, 6) is -5.93. The second-order valence-electron chi connectivity index (χ2n) is 8.65. The SMILES string of the molecule is NC(Cc1ccc(O)cc1)C(=O)NC(Cc1ccc(O)cc1)C(=O)NC(CO)C(=O)NC(CC(=O)O)C(=O)O. The number of aliphatic hydroxyl groups excluding tert-OH is 1. The molecule has 39 heavy (non-hydrogen) atoms. The number of hydrogen-bond acceptors (Lipinski definition) is 9. The smallest absolute Gasteiger partial charge is 0.326 e. The molecule has 210 valence electrons. The minimum atomic E-state index is -1.81. The number of phenols is 2. The number of rotatable bonds is 14. The summed E-state index contributed by atoms with van der Waals surface area (Å²) in [6.45, 7) is -0.961. The number of phenolic OH excluding ortho intramolecular Hbond substituents is 2. The predicted molar refractivity (Wildman–Crippen MR) is 134 cm³/mol. The number of aromatic hydroxyl groups is 2. The minimum absolute atomic E-state index is 0.0301. The first kappa shape index (κ1) is 30.5. The van der Waals surface area contributed by atoms with Gasteiger partial charge in [-0.2, -0.15) is 0 Å². The second-order valence-corrected chi connectivity index (χ2v) is 8.65. The maximum Gasteiger partial charge on any atom is 0.326 e. The van der Waals surface area contributed by atoms with E-state index < -0.39 is 66.9 Å². The molecule has 0 bridgehead atoms. The molecule has 0 aliphatic heterocycles. The van der Waals surface area contributed by atoms with Gasteiger partial charge in [0.2, 0.25) is 17.7 Å². The maximum absolute atomic E-state index is 13.1. The molecule has 2 aromatic carbocycles. The van der Waals surface area contributed by atoms with Gasteiger partial charge in [-0.3, -0.25) is 19.2 Å². The van der Waals surface area contributed by atoms with Crippen LogP contribution in [0.2, 0.25) is 0 Å². The zero-order chi connectivity index (χ0) is 29.1. The number of carboxylic acid groups (broad SMARTS) is 2. The van der Waals surface area contributed by atoms with Crippen molar-refractivity contribution in [1.29, 1.82) is 0 Å². The van der Waals surface area contributed by atoms with Gasteiger partial charge in [-0.05, 0) is 41.8 Å². The van der Waals surface area contributed by atoms with Crippen LogP contribution in [0.15, 0.2) is 48.5 Å². The average Bonchev–Trinajstić information content (AvgIpc) is 2.88. The van der Waals surface area contributed by atoms with Gasteiger partial charge in [-0.15, -0.1) is 0 Å². The van der Waals surface area contributed by atoms with Crippen LogP contribution in [0.5, 0.6) is 11.5 Å². The number of carboxylic acids is 2. The molecule has 0 aliphatic rings. The number of aliphatic hydroxyl groups is 1. The van der Waals surface area contributed by atoms with E-state index in [0.717, 1.165) is 0 Å². The molecule has 10 N–H and O–H groups in total. The molecule has 2 rings (SSSR count). The predicted octanol–water partition coefficient (Wildman–Crippen LogP) is -1.78. The van der Waals surface area contributed by atoms with Crippen molar-refractivity contribution < 1.29 is 49.5 Å². The quantitative estimate of drug-likeness (QED) is 0.128. The summed E-state index contributed by atoms with van der Waals surface area (Å²) >= 11 is 0. The van der Waals surface area contributed by atoms with E-state index in [-0.39, 0.29) is 24.3 Å². The molecule has 0 saturated carbocycles. The van der Waals surface area contributed by atoms with Crippen molar-refractivity contribution >= 4 is 29.7 Å². The fraction of sp³-hybridized carbons (Fsp3) is 0.320. The Balaban J connectivity index is 2.17. The number of nitrogens with one attached hydrogen (secondary N) is 3. The monoisotopic (exact) mass is 546 g/mol. The van der Waals surface area contributed by atoms with Crippen LogP contribution in [-0.4, -0.2) is 86.0 Å². The Morgan fingerprint density at radius 1 is 0.667 bits per heavy atom. The molecule has 4 unspecified atom stereocenters. The molecule has 4 atom stereocenters. The number of aliphatic carboxylic acids is 2. The number of carbonyl (C=O) groups excluding carboxylic acids is 3. The van der Waals surface area contributed by atoms with E-state index in [9.17, 15) is 39.3 Å². The molecule has 0 aliphatic carbocycles. The third kappa shape index (κ3) is 9.94. The van der Waals surface area contributed by atoms with E-state index in [4.69, 9.17) is 15.9 Å². The van der Waals surface area contributed by atoms with Crippen molar-refractivity contribution in [3.63, 3.8) is 0 Å². The number of amides is 3. The number of nitrogens with two attached hydrogens (primary N) is 1. The van der Waals surface area contributed by atoms with Gasteiger partial charge in [0.25, 0.3) is 0 Å². The topological polar surface area (TPSA) is 249 Å². The summed E-state index contributed by atoms with van der Waals surface area (Å²) in [6.07, 6.45) is -0.979. The standard InChI is InChI=1S/C25H30N4O10/c26-17(9-13-1-5-15(31)6-2-13)22(35)27-18(10-14-3-7-16(32)8-4-14)23(36)29-20(12-30)24(37)28-19(25(38)39)11-21(33)34/h1-8,17-20,30-32H,9-12,26H2,(H,27,35)(H,28,37)(H,29,36)(H,33,34)(H,38,39). The molecule has 0 saturated heterocycles. The zero-order valence-electron chi connectivity index (χ0n) is 20.6. The van der Waals surface area contributed by atoms with Crippen LogP contribution in [0.1, 0.15) is 17.5 Å². The molecule has 3 amide bonds. The summed E-state index contributed by atoms with van der Waals surface area (Å²) in [7, 11) is 0. The molecule has 2 aromatic rings. The normalized spacial score (nSPS) is 13.8. The van der Waals surface area contributed by atoms with Crippen molar-refractivity contribution in [1.82, 2.24) is 16.0 Å². The van der Waals surface area contributed by atoms with Gasteiger partial charge >= 0.3 is 11.9 Å². The molecule has 14 nitrogen and oxygen atoms in total. The van der Waals surface area contributed by atoms with Crippen molar-refractivity contribution in [2.75, 3.05) is 6.61 Å². The van der Waals surface area contributed by atoms with Gasteiger partial charge < -0.3 is 47.2 Å². The lowest BCUT2D eigenvalue weighted by atomic mass is 10.0. The molecule has 0 spiro atoms. The lowest BCUT2D eigenvalue weighted by molar-refractivity contribution is -0.147. The lowest BCUT2D eigenvalue weighted by Crippen LogP contribution is -2.58. The van der Waals surface area contributed by atoms with Gasteiger partial charge in [0.05, 0.1) is 19.1 Å². The van der Waals surface area contributed by atoms with Crippen LogP contribution in [0, 0.1) is 0 Å². The fourth-order valence-electron chi connectivity index (χ4n) is 3.45. The van der Waals surface area contributed by atoms with E-state index in [1.807, 2.05) is 5.32 Å². The zero-order valence-corrected chi connectivity index (χ0v) is 20.6. The van der Waals surface area contributed by atoms with Gasteiger partial charge in [0, 0.05) is 6.42 Å². The van der Waals surface area contributed by atoms with Crippen LogP contribution in [-0.2, 0) is 36.8 Å². The van der Waals surface area contributed by atoms with E-state index in [1.165, 1.54) is 36.4 Å². The Bertz CT molecular complexity index is 1170. The largest absolute Gasteiger partial charge is 0.508 e. The summed E-state index contributed by atoms with van der Waals surface area (Å²) in [4.78, 5) is 60.5. The highest BCUT2D eigenvalue weighted by molar-refractivity contribution is 5.94. The second kappa shape index (κ2) is 14.3. The Morgan fingerprint density at radius 2 is 1.10 bits per heavy atom. The third-order valence-corrected chi connectivity index (χ3v) is 5.55. The Kier molecular flexibility index (Phi) is 11.2. The molecule has 0 fully saturated rings. The first-order valence-electron chi connectivity index (χ1n) is 11.7. The van der Waals surface area contributed by atoms with Gasteiger partial charge in [-0.1, -0.05) is 24.3 Å². The van der Waals surface area contributed by atoms with Crippen molar-refractivity contribution in [3.8, 4) is 11.5 Å². The molecule has 0 heterocycles. The third-order valence-electron chi connectivity index (χ3n) is 5.55. The summed E-state index contributed by atoms with van der Waals surface area (Å²) in [5.41, 5.74) is 7.15. The molecule has 14 heteroatoms. The average molecular weight is 547 g/mol. The first-order valence-corrected chi connectivity index (χ1v) is 11.7. The van der Waals surface area contributed by atoms with E-state index in [2.05, 4.69) is 10.6 Å². The lowest BCUT2D eigenvalue weighted by Gasteiger charge is -2.24. The number of carbonyl (C=O) groups is 5. The molecular weight excluding hydrogens is 516 g/mol. The van der Waals surface area contributed by atoms with Crippen LogP contribution < -0.4 is 21.7 Å². The number of benzene rings is 2. The summed E-state index contributed by atoms with van der Waals surface area (Å²) in [6, 6.07) is 5.81. The molecule has 0 radical (unpaired) electrons. The van der Waals surface area contributed by atoms with Crippen molar-refractivity contribution in [2.24, 2.45) is 5.73 Å². The highest BCUT2D eigenvalue weighted by Crippen LogP contribution is 2.13. The highest BCUT2D eigenvalue weighted by Gasteiger charge is 2.31. The van der Waals surface area contributed by atoms with E-state index in [0.29, 0.717) is 11.1 Å². The van der Waals surface area contributed by atoms with Crippen LogP contribution in [0.3, 0.4) is 0 Å². The first-order chi connectivity index (χ1) is 18.4. The van der Waals surface area contributed by atoms with E-state index in [1.54, 1.807) is 12.1 Å². The fourth-order valence-corrected chi connectivity index (χ4v) is 3.45. The highest BCUT2D eigenvalue weighted by atomic mass is 16.4. The van der Waals surface area contributed by atoms with Crippen LogP contribution in [0.25, 0.3) is 0 Å². The Morgan fingerprint density at radius 3 is 1.56 bits per heavy atom. The van der Waals surface area contributed by atoms with Crippen molar-refractivity contribution in [2.45, 2.75) is 43.4 Å². The van der Waals surface area contributed by atoms with Gasteiger partial charge in [0.15, 0.2) is 0 Å². The Labute approximate surface area is 222 Å². The minimum Gasteiger partial charge on any atom is -0.508 e. The van der Waals surface area contributed by atoms with Crippen molar-refractivity contribution in [3.05, 3.63) is 59.7 Å². The summed E-state index contributed by atoms with van der Waals surface area (Å²) in [5, 5.41) is 53.2. The van der Waals surface area contributed by atoms with Crippen LogP contribution >= 0.6 is 0 Å². The number of hydrogen-bond donors (Lipinski definition) is 9.